The van der Waals surface area contributed by atoms with Gasteiger partial charge in [-0.15, -0.1) is 0 Å². The first-order valence-electron chi connectivity index (χ1n) is 4.67. The molecule has 0 radical (unpaired) electrons. The van der Waals surface area contributed by atoms with Gasteiger partial charge in [-0.05, 0) is 12.8 Å². The lowest BCUT2D eigenvalue weighted by Gasteiger charge is -2.15. The molecule has 80 valence electrons. The summed E-state index contributed by atoms with van der Waals surface area (Å²) in [6.45, 7) is 1.75. The molecule has 1 amide bonds. The highest BCUT2D eigenvalue weighted by atomic mass is 16.5. The zero-order valence-corrected chi connectivity index (χ0v) is 8.23. The van der Waals surface area contributed by atoms with Gasteiger partial charge < -0.3 is 14.7 Å². The van der Waals surface area contributed by atoms with Crippen LogP contribution in [0.25, 0.3) is 0 Å². The summed E-state index contributed by atoms with van der Waals surface area (Å²) in [5.74, 6) is -2.09. The number of hydrogen-bond acceptors (Lipinski definition) is 3. The summed E-state index contributed by atoms with van der Waals surface area (Å²) in [5, 5.41) is 8.70. The number of carbonyl (C=O) groups is 2. The van der Waals surface area contributed by atoms with E-state index in [1.54, 1.807) is 12.0 Å². The second-order valence-corrected chi connectivity index (χ2v) is 3.35. The Morgan fingerprint density at radius 3 is 2.93 bits per heavy atom. The summed E-state index contributed by atoms with van der Waals surface area (Å²) in [6, 6.07) is 0. The van der Waals surface area contributed by atoms with E-state index in [2.05, 4.69) is 0 Å². The van der Waals surface area contributed by atoms with E-state index in [4.69, 9.17) is 9.84 Å². The smallest absolute Gasteiger partial charge is 0.316 e. The highest BCUT2D eigenvalue weighted by Gasteiger charge is 2.36. The van der Waals surface area contributed by atoms with E-state index in [1.807, 2.05) is 0 Å². The highest BCUT2D eigenvalue weighted by Crippen LogP contribution is 2.18. The number of aliphatic carboxylic acids is 1. The van der Waals surface area contributed by atoms with Gasteiger partial charge in [-0.2, -0.15) is 0 Å². The molecule has 5 heteroatoms. The van der Waals surface area contributed by atoms with Crippen LogP contribution in [0.2, 0.25) is 0 Å². The number of methoxy groups -OCH3 is 1. The van der Waals surface area contributed by atoms with Crippen LogP contribution >= 0.6 is 0 Å². The summed E-state index contributed by atoms with van der Waals surface area (Å²) in [6.07, 6.45) is 1.19. The van der Waals surface area contributed by atoms with Gasteiger partial charge in [-0.25, -0.2) is 0 Å². The summed E-state index contributed by atoms with van der Waals surface area (Å²) in [5.41, 5.74) is 0. The van der Waals surface area contributed by atoms with E-state index in [9.17, 15) is 9.59 Å². The topological polar surface area (TPSA) is 66.8 Å². The SMILES string of the molecule is COCCCN1CCC(C(=O)O)C1=O. The third-order valence-electron chi connectivity index (χ3n) is 2.37. The fraction of sp³-hybridized carbons (Fsp3) is 0.778. The standard InChI is InChI=1S/C9H15NO4/c1-14-6-2-4-10-5-3-7(8(10)11)9(12)13/h7H,2-6H2,1H3,(H,12,13). The Bertz CT molecular complexity index is 229. The summed E-state index contributed by atoms with van der Waals surface area (Å²) in [7, 11) is 1.60. The lowest BCUT2D eigenvalue weighted by Crippen LogP contribution is -2.31. The Kier molecular flexibility index (Phi) is 3.88. The quantitative estimate of drug-likeness (QED) is 0.500. The minimum absolute atomic E-state index is 0.256. The second kappa shape index (κ2) is 4.95. The molecule has 0 bridgehead atoms. The van der Waals surface area contributed by atoms with Crippen LogP contribution in [0.5, 0.6) is 0 Å². The average Bonchev–Trinajstić information content (AvgIpc) is 2.48. The number of carbonyl (C=O) groups excluding carboxylic acids is 1. The number of ether oxygens (including phenoxy) is 1. The van der Waals surface area contributed by atoms with Crippen LogP contribution in [0.4, 0.5) is 0 Å². The Hall–Kier alpha value is -1.10. The molecule has 0 aliphatic carbocycles. The lowest BCUT2D eigenvalue weighted by molar-refractivity contribution is -0.147. The van der Waals surface area contributed by atoms with Crippen molar-refractivity contribution >= 4 is 11.9 Å². The van der Waals surface area contributed by atoms with Crippen molar-refractivity contribution in [3.63, 3.8) is 0 Å². The molecule has 0 spiro atoms. The molecule has 1 unspecified atom stereocenters. The molecule has 1 heterocycles. The van der Waals surface area contributed by atoms with Gasteiger partial charge in [0.2, 0.25) is 5.91 Å². The highest BCUT2D eigenvalue weighted by molar-refractivity contribution is 5.98. The number of rotatable bonds is 5. The molecule has 1 N–H and O–H groups in total. The van der Waals surface area contributed by atoms with Gasteiger partial charge in [0, 0.05) is 26.8 Å². The van der Waals surface area contributed by atoms with E-state index < -0.39 is 11.9 Å². The van der Waals surface area contributed by atoms with Crippen LogP contribution in [-0.4, -0.2) is 48.7 Å². The number of amides is 1. The fourth-order valence-corrected chi connectivity index (χ4v) is 1.59. The van der Waals surface area contributed by atoms with Gasteiger partial charge in [-0.1, -0.05) is 0 Å². The molecule has 1 fully saturated rings. The first-order chi connectivity index (χ1) is 6.66. The van der Waals surface area contributed by atoms with Gasteiger partial charge in [-0.3, -0.25) is 9.59 Å². The molecular formula is C9H15NO4. The predicted octanol–water partition coefficient (Wildman–Crippen LogP) is -0.0440. The first-order valence-corrected chi connectivity index (χ1v) is 4.67. The van der Waals surface area contributed by atoms with Crippen molar-refractivity contribution < 1.29 is 19.4 Å². The Balaban J connectivity index is 2.36. The molecule has 5 nitrogen and oxygen atoms in total. The minimum atomic E-state index is -1.01. The largest absolute Gasteiger partial charge is 0.481 e. The molecule has 0 aromatic carbocycles. The molecule has 1 atom stereocenters. The Morgan fingerprint density at radius 1 is 1.71 bits per heavy atom. The Morgan fingerprint density at radius 2 is 2.43 bits per heavy atom. The molecule has 1 aliphatic heterocycles. The Labute approximate surface area is 82.6 Å². The fourth-order valence-electron chi connectivity index (χ4n) is 1.59. The molecule has 14 heavy (non-hydrogen) atoms. The van der Waals surface area contributed by atoms with Crippen molar-refractivity contribution in [3.05, 3.63) is 0 Å². The number of carboxylic acids is 1. The van der Waals surface area contributed by atoms with Crippen LogP contribution < -0.4 is 0 Å². The van der Waals surface area contributed by atoms with Gasteiger partial charge in [0.25, 0.3) is 0 Å². The first kappa shape index (κ1) is 11.0. The number of carboxylic acid groups (broad SMARTS) is 1. The van der Waals surface area contributed by atoms with Crippen molar-refractivity contribution in [2.45, 2.75) is 12.8 Å². The summed E-state index contributed by atoms with van der Waals surface area (Å²) >= 11 is 0. The molecule has 0 aromatic rings. The van der Waals surface area contributed by atoms with Crippen molar-refractivity contribution in [1.82, 2.24) is 4.90 Å². The summed E-state index contributed by atoms with van der Waals surface area (Å²) in [4.78, 5) is 23.7. The monoisotopic (exact) mass is 201 g/mol. The van der Waals surface area contributed by atoms with E-state index in [0.29, 0.717) is 26.1 Å². The van der Waals surface area contributed by atoms with Gasteiger partial charge in [0.05, 0.1) is 0 Å². The van der Waals surface area contributed by atoms with Crippen LogP contribution in [0, 0.1) is 5.92 Å². The zero-order chi connectivity index (χ0) is 10.6. The number of hydrogen-bond donors (Lipinski definition) is 1. The van der Waals surface area contributed by atoms with E-state index in [0.717, 1.165) is 6.42 Å². The van der Waals surface area contributed by atoms with Crippen molar-refractivity contribution in [2.75, 3.05) is 26.8 Å². The molecule has 0 aromatic heterocycles. The van der Waals surface area contributed by atoms with Crippen molar-refractivity contribution in [3.8, 4) is 0 Å². The third kappa shape index (κ3) is 2.45. The van der Waals surface area contributed by atoms with E-state index in [-0.39, 0.29) is 5.91 Å². The zero-order valence-electron chi connectivity index (χ0n) is 8.23. The molecule has 1 saturated heterocycles. The van der Waals surface area contributed by atoms with Gasteiger partial charge in [0.1, 0.15) is 5.92 Å². The number of nitrogens with zero attached hydrogens (tertiary/aromatic N) is 1. The average molecular weight is 201 g/mol. The molecule has 0 saturated carbocycles. The van der Waals surface area contributed by atoms with Crippen LogP contribution in [-0.2, 0) is 14.3 Å². The maximum absolute atomic E-state index is 11.4. The van der Waals surface area contributed by atoms with Crippen LogP contribution in [0.1, 0.15) is 12.8 Å². The second-order valence-electron chi connectivity index (χ2n) is 3.35. The molecular weight excluding hydrogens is 186 g/mol. The number of likely N-dealkylation sites (tertiary alicyclic amines) is 1. The van der Waals surface area contributed by atoms with Crippen molar-refractivity contribution in [1.29, 1.82) is 0 Å². The maximum Gasteiger partial charge on any atom is 0.316 e. The maximum atomic E-state index is 11.4. The van der Waals surface area contributed by atoms with Gasteiger partial charge in [0.15, 0.2) is 0 Å². The molecule has 1 rings (SSSR count). The van der Waals surface area contributed by atoms with Crippen LogP contribution in [0.3, 0.4) is 0 Å². The summed E-state index contributed by atoms with van der Waals surface area (Å²) < 4.78 is 4.86. The van der Waals surface area contributed by atoms with E-state index in [1.165, 1.54) is 0 Å². The van der Waals surface area contributed by atoms with Crippen molar-refractivity contribution in [2.24, 2.45) is 5.92 Å². The predicted molar refractivity (Wildman–Crippen MR) is 48.8 cm³/mol. The minimum Gasteiger partial charge on any atom is -0.481 e. The molecule has 1 aliphatic rings. The lowest BCUT2D eigenvalue weighted by atomic mass is 10.1. The van der Waals surface area contributed by atoms with Gasteiger partial charge >= 0.3 is 5.97 Å². The third-order valence-corrected chi connectivity index (χ3v) is 2.37. The normalized spacial score (nSPS) is 21.6. The van der Waals surface area contributed by atoms with E-state index >= 15 is 0 Å². The van der Waals surface area contributed by atoms with Crippen LogP contribution in [0.15, 0.2) is 0 Å².